The van der Waals surface area contributed by atoms with Gasteiger partial charge >= 0.3 is 0 Å². The highest BCUT2D eigenvalue weighted by molar-refractivity contribution is 5.95. The summed E-state index contributed by atoms with van der Waals surface area (Å²) in [4.78, 5) is 3.83. The molecule has 10 heavy (non-hydrogen) atoms. The Kier molecular flexibility index (Phi) is 3.87. The summed E-state index contributed by atoms with van der Waals surface area (Å²) >= 11 is 0. The van der Waals surface area contributed by atoms with E-state index in [4.69, 9.17) is 11.1 Å². The molecule has 0 aromatic carbocycles. The summed E-state index contributed by atoms with van der Waals surface area (Å²) in [6, 6.07) is 0. The Hall–Kier alpha value is -1.38. The largest absolute Gasteiger partial charge is 0.382 e. The number of amidine groups is 1. The van der Waals surface area contributed by atoms with Crippen molar-refractivity contribution in [2.45, 2.75) is 6.92 Å². The third-order valence-corrected chi connectivity index (χ3v) is 0.868. The van der Waals surface area contributed by atoms with Crippen LogP contribution in [0.5, 0.6) is 0 Å². The third kappa shape index (κ3) is 2.81. The molecule has 3 N–H and O–H groups in total. The van der Waals surface area contributed by atoms with Crippen molar-refractivity contribution in [2.24, 2.45) is 10.7 Å². The Labute approximate surface area is 60.5 Å². The molecule has 3 heteroatoms. The summed E-state index contributed by atoms with van der Waals surface area (Å²) in [6.07, 6.45) is 4.70. The van der Waals surface area contributed by atoms with Crippen LogP contribution in [0.25, 0.3) is 0 Å². The van der Waals surface area contributed by atoms with E-state index in [0.717, 1.165) is 0 Å². The molecule has 0 aliphatic heterocycles. The lowest BCUT2D eigenvalue weighted by Crippen LogP contribution is -2.11. The molecule has 0 bridgehead atoms. The number of allylic oxidation sites excluding steroid dienone is 2. The van der Waals surface area contributed by atoms with Crippen LogP contribution in [0, 0.1) is 5.41 Å². The molecule has 0 saturated carbocycles. The van der Waals surface area contributed by atoms with E-state index in [1.807, 2.05) is 0 Å². The van der Waals surface area contributed by atoms with E-state index in [9.17, 15) is 0 Å². The summed E-state index contributed by atoms with van der Waals surface area (Å²) in [5.41, 5.74) is 5.63. The van der Waals surface area contributed by atoms with Crippen LogP contribution in [0.2, 0.25) is 0 Å². The molecule has 0 spiro atoms. The van der Waals surface area contributed by atoms with E-state index in [0.29, 0.717) is 5.70 Å². The molecule has 0 aromatic heterocycles. The second-order valence-electron chi connectivity index (χ2n) is 1.60. The van der Waals surface area contributed by atoms with E-state index in [-0.39, 0.29) is 5.84 Å². The Balaban J connectivity index is 4.25. The third-order valence-electron chi connectivity index (χ3n) is 0.868. The highest BCUT2D eigenvalue weighted by Crippen LogP contribution is 1.92. The van der Waals surface area contributed by atoms with Crippen LogP contribution in [0.4, 0.5) is 0 Å². The summed E-state index contributed by atoms with van der Waals surface area (Å²) in [7, 11) is 0. The molecule has 3 nitrogen and oxygen atoms in total. The zero-order valence-corrected chi connectivity index (χ0v) is 5.96. The van der Waals surface area contributed by atoms with Crippen molar-refractivity contribution in [1.29, 1.82) is 5.41 Å². The van der Waals surface area contributed by atoms with Gasteiger partial charge in [-0.15, -0.1) is 0 Å². The van der Waals surface area contributed by atoms with Crippen LogP contribution in [0.3, 0.4) is 0 Å². The minimum Gasteiger partial charge on any atom is -0.382 e. The van der Waals surface area contributed by atoms with Crippen LogP contribution in [-0.4, -0.2) is 12.1 Å². The highest BCUT2D eigenvalue weighted by atomic mass is 14.8. The molecule has 0 amide bonds. The fourth-order valence-electron chi connectivity index (χ4n) is 0.433. The number of aliphatic imine (C=N–C) groups is 1. The van der Waals surface area contributed by atoms with Crippen molar-refractivity contribution < 1.29 is 0 Å². The van der Waals surface area contributed by atoms with E-state index < -0.39 is 0 Å². The molecule has 0 unspecified atom stereocenters. The van der Waals surface area contributed by atoms with Crippen molar-refractivity contribution in [1.82, 2.24) is 0 Å². The van der Waals surface area contributed by atoms with Crippen LogP contribution < -0.4 is 5.73 Å². The average Bonchev–Trinajstić information content (AvgIpc) is 1.89. The van der Waals surface area contributed by atoms with Gasteiger partial charge in [0, 0.05) is 6.21 Å². The molecule has 0 aromatic rings. The lowest BCUT2D eigenvalue weighted by molar-refractivity contribution is 1.34. The smallest absolute Gasteiger partial charge is 0.141 e. The standard InChI is InChI=1S/C7H11N3/c1-3-5-10-6(4-2)7(8)9/h3-5H,1H2,2H3,(H3,8,9)/b6-4-,10-5?. The van der Waals surface area contributed by atoms with Crippen molar-refractivity contribution in [3.63, 3.8) is 0 Å². The average molecular weight is 137 g/mol. The van der Waals surface area contributed by atoms with E-state index in [2.05, 4.69) is 11.6 Å². The van der Waals surface area contributed by atoms with Crippen molar-refractivity contribution in [2.75, 3.05) is 0 Å². The Morgan fingerprint density at radius 1 is 1.70 bits per heavy atom. The minimum atomic E-state index is -0.0272. The van der Waals surface area contributed by atoms with E-state index >= 15 is 0 Å². The lowest BCUT2D eigenvalue weighted by Gasteiger charge is -1.93. The first-order valence-electron chi connectivity index (χ1n) is 2.88. The molecule has 0 aliphatic carbocycles. The zero-order valence-electron chi connectivity index (χ0n) is 5.96. The van der Waals surface area contributed by atoms with E-state index in [1.165, 1.54) is 12.3 Å². The molecule has 0 aliphatic rings. The van der Waals surface area contributed by atoms with Crippen LogP contribution in [0.1, 0.15) is 6.92 Å². The topological polar surface area (TPSA) is 62.2 Å². The van der Waals surface area contributed by atoms with Crippen molar-refractivity contribution in [3.05, 3.63) is 24.4 Å². The second-order valence-corrected chi connectivity index (χ2v) is 1.60. The van der Waals surface area contributed by atoms with Gasteiger partial charge in [0.15, 0.2) is 0 Å². The molecule has 0 rings (SSSR count). The number of hydrogen-bond donors (Lipinski definition) is 2. The number of hydrogen-bond acceptors (Lipinski definition) is 2. The molecule has 0 atom stereocenters. The minimum absolute atomic E-state index is 0.0272. The van der Waals surface area contributed by atoms with Crippen LogP contribution in [-0.2, 0) is 0 Å². The highest BCUT2D eigenvalue weighted by Gasteiger charge is 1.91. The maximum atomic E-state index is 6.99. The molecule has 0 saturated heterocycles. The second kappa shape index (κ2) is 4.49. The quantitative estimate of drug-likeness (QED) is 0.443. The normalized spacial score (nSPS) is 11.9. The molecular weight excluding hydrogens is 126 g/mol. The molecule has 0 heterocycles. The van der Waals surface area contributed by atoms with Gasteiger partial charge in [-0.2, -0.15) is 0 Å². The van der Waals surface area contributed by atoms with Crippen LogP contribution in [0.15, 0.2) is 29.4 Å². The number of nitrogens with two attached hydrogens (primary N) is 1. The predicted molar refractivity (Wildman–Crippen MR) is 44.4 cm³/mol. The summed E-state index contributed by atoms with van der Waals surface area (Å²) < 4.78 is 0. The zero-order chi connectivity index (χ0) is 7.98. The molecule has 54 valence electrons. The van der Waals surface area contributed by atoms with Crippen molar-refractivity contribution >= 4 is 12.1 Å². The van der Waals surface area contributed by atoms with Gasteiger partial charge in [-0.3, -0.25) is 10.4 Å². The lowest BCUT2D eigenvalue weighted by atomic mass is 10.4. The predicted octanol–water partition coefficient (Wildman–Crippen LogP) is 1.08. The Bertz CT molecular complexity index is 189. The SMILES string of the molecule is C=CC=N/C(=C\C)C(=N)N. The van der Waals surface area contributed by atoms with Gasteiger partial charge in [-0.25, -0.2) is 0 Å². The Morgan fingerprint density at radius 3 is 2.60 bits per heavy atom. The number of nitrogens with zero attached hydrogens (tertiary/aromatic N) is 1. The van der Waals surface area contributed by atoms with Gasteiger partial charge in [-0.1, -0.05) is 18.7 Å². The Morgan fingerprint density at radius 2 is 2.30 bits per heavy atom. The summed E-state index contributed by atoms with van der Waals surface area (Å²) in [5.74, 6) is -0.0272. The monoisotopic (exact) mass is 137 g/mol. The molecule has 0 fully saturated rings. The van der Waals surface area contributed by atoms with Gasteiger partial charge in [0.1, 0.15) is 11.5 Å². The summed E-state index contributed by atoms with van der Waals surface area (Å²) in [6.45, 7) is 5.21. The van der Waals surface area contributed by atoms with E-state index in [1.54, 1.807) is 13.0 Å². The first-order valence-corrected chi connectivity index (χ1v) is 2.88. The van der Waals surface area contributed by atoms with Gasteiger partial charge in [0.05, 0.1) is 0 Å². The van der Waals surface area contributed by atoms with Crippen LogP contribution >= 0.6 is 0 Å². The van der Waals surface area contributed by atoms with Crippen molar-refractivity contribution in [3.8, 4) is 0 Å². The maximum Gasteiger partial charge on any atom is 0.141 e. The van der Waals surface area contributed by atoms with Gasteiger partial charge in [0.25, 0.3) is 0 Å². The number of rotatable bonds is 3. The summed E-state index contributed by atoms with van der Waals surface area (Å²) in [5, 5.41) is 6.99. The molecule has 0 radical (unpaired) electrons. The fourth-order valence-corrected chi connectivity index (χ4v) is 0.433. The molecular formula is C7H11N3. The van der Waals surface area contributed by atoms with Gasteiger partial charge in [0.2, 0.25) is 0 Å². The fraction of sp³-hybridized carbons (Fsp3) is 0.143. The number of nitrogens with one attached hydrogen (secondary N) is 1. The van der Waals surface area contributed by atoms with Gasteiger partial charge < -0.3 is 5.73 Å². The maximum absolute atomic E-state index is 6.99. The van der Waals surface area contributed by atoms with Gasteiger partial charge in [-0.05, 0) is 6.92 Å². The first kappa shape index (κ1) is 8.62. The first-order chi connectivity index (χ1) is 4.72.